The standard InChI is InChI=1S/C21H23N3O3S2/c1-3-13-24-20(16-29(25,26)19-7-5-4-6-8-19)22-23-21(24)28-15-14-27-18-11-9-17(2)10-12-18/h3-12H,1,13-16H2,2H3. The second-order valence-electron chi connectivity index (χ2n) is 6.38. The molecule has 0 saturated heterocycles. The number of aryl methyl sites for hydroxylation is 1. The zero-order valence-corrected chi connectivity index (χ0v) is 17.8. The molecule has 1 aromatic heterocycles. The summed E-state index contributed by atoms with van der Waals surface area (Å²) in [4.78, 5) is 0.272. The number of nitrogens with zero attached hydrogens (tertiary/aromatic N) is 3. The van der Waals surface area contributed by atoms with Gasteiger partial charge in [0.05, 0.1) is 11.5 Å². The summed E-state index contributed by atoms with van der Waals surface area (Å²) < 4.78 is 32.9. The molecular formula is C21H23N3O3S2. The number of ether oxygens (including phenoxy) is 1. The second kappa shape index (κ2) is 9.76. The Bertz CT molecular complexity index is 1050. The van der Waals surface area contributed by atoms with Crippen molar-refractivity contribution in [2.75, 3.05) is 12.4 Å². The van der Waals surface area contributed by atoms with Crippen molar-refractivity contribution in [2.45, 2.75) is 29.3 Å². The third-order valence-electron chi connectivity index (χ3n) is 4.13. The van der Waals surface area contributed by atoms with E-state index in [-0.39, 0.29) is 10.6 Å². The van der Waals surface area contributed by atoms with Crippen LogP contribution < -0.4 is 4.74 Å². The van der Waals surface area contributed by atoms with E-state index in [1.54, 1.807) is 41.0 Å². The van der Waals surface area contributed by atoms with Crippen molar-refractivity contribution in [1.82, 2.24) is 14.8 Å². The maximum atomic E-state index is 12.7. The summed E-state index contributed by atoms with van der Waals surface area (Å²) in [5, 5.41) is 8.94. The van der Waals surface area contributed by atoms with E-state index in [0.29, 0.717) is 29.9 Å². The van der Waals surface area contributed by atoms with Crippen LogP contribution in [0, 0.1) is 6.92 Å². The maximum Gasteiger partial charge on any atom is 0.191 e. The van der Waals surface area contributed by atoms with Crippen LogP contribution in [-0.4, -0.2) is 35.5 Å². The fraction of sp³-hybridized carbons (Fsp3) is 0.238. The zero-order chi connectivity index (χ0) is 20.7. The van der Waals surface area contributed by atoms with Gasteiger partial charge in [-0.25, -0.2) is 8.42 Å². The van der Waals surface area contributed by atoms with Crippen molar-refractivity contribution in [2.24, 2.45) is 0 Å². The molecule has 0 aliphatic rings. The molecular weight excluding hydrogens is 406 g/mol. The molecule has 0 aliphatic carbocycles. The summed E-state index contributed by atoms with van der Waals surface area (Å²) in [5.74, 6) is 1.67. The molecule has 2 aromatic carbocycles. The van der Waals surface area contributed by atoms with Gasteiger partial charge in [-0.1, -0.05) is 53.7 Å². The predicted molar refractivity (Wildman–Crippen MR) is 115 cm³/mol. The lowest BCUT2D eigenvalue weighted by Crippen LogP contribution is -2.11. The highest BCUT2D eigenvalue weighted by Gasteiger charge is 2.21. The molecule has 152 valence electrons. The molecule has 0 radical (unpaired) electrons. The number of rotatable bonds is 10. The van der Waals surface area contributed by atoms with E-state index in [1.807, 2.05) is 31.2 Å². The molecule has 8 heteroatoms. The average Bonchev–Trinajstić information content (AvgIpc) is 3.08. The van der Waals surface area contributed by atoms with Gasteiger partial charge in [-0.05, 0) is 31.2 Å². The zero-order valence-electron chi connectivity index (χ0n) is 16.2. The topological polar surface area (TPSA) is 74.1 Å². The van der Waals surface area contributed by atoms with Crippen LogP contribution >= 0.6 is 11.8 Å². The Morgan fingerprint density at radius 3 is 2.52 bits per heavy atom. The lowest BCUT2D eigenvalue weighted by atomic mass is 10.2. The third kappa shape index (κ3) is 5.71. The van der Waals surface area contributed by atoms with Crippen LogP contribution in [0.2, 0.25) is 0 Å². The summed E-state index contributed by atoms with van der Waals surface area (Å²) in [6, 6.07) is 16.2. The Morgan fingerprint density at radius 2 is 1.83 bits per heavy atom. The average molecular weight is 430 g/mol. The number of hydrogen-bond donors (Lipinski definition) is 0. The van der Waals surface area contributed by atoms with Crippen LogP contribution in [0.3, 0.4) is 0 Å². The first-order valence-electron chi connectivity index (χ1n) is 9.12. The van der Waals surface area contributed by atoms with Crippen LogP contribution in [0.4, 0.5) is 0 Å². The maximum absolute atomic E-state index is 12.7. The van der Waals surface area contributed by atoms with E-state index in [9.17, 15) is 8.42 Å². The van der Waals surface area contributed by atoms with Crippen molar-refractivity contribution < 1.29 is 13.2 Å². The first-order chi connectivity index (χ1) is 14.0. The molecule has 3 rings (SSSR count). The van der Waals surface area contributed by atoms with Gasteiger partial charge in [-0.3, -0.25) is 0 Å². The van der Waals surface area contributed by atoms with E-state index in [4.69, 9.17) is 4.74 Å². The molecule has 3 aromatic rings. The molecule has 0 unspecified atom stereocenters. The van der Waals surface area contributed by atoms with Crippen molar-refractivity contribution in [3.63, 3.8) is 0 Å². The Kier molecular flexibility index (Phi) is 7.11. The Labute approximate surface area is 175 Å². The quantitative estimate of drug-likeness (QED) is 0.276. The van der Waals surface area contributed by atoms with Crippen molar-refractivity contribution >= 4 is 21.6 Å². The monoisotopic (exact) mass is 429 g/mol. The summed E-state index contributed by atoms with van der Waals surface area (Å²) >= 11 is 1.47. The molecule has 0 atom stereocenters. The first-order valence-corrected chi connectivity index (χ1v) is 11.8. The van der Waals surface area contributed by atoms with Gasteiger partial charge in [0, 0.05) is 12.3 Å². The Hall–Kier alpha value is -2.58. The molecule has 0 fully saturated rings. The molecule has 1 heterocycles. The van der Waals surface area contributed by atoms with Crippen LogP contribution in [0.1, 0.15) is 11.4 Å². The normalized spacial score (nSPS) is 11.3. The molecule has 0 saturated carbocycles. The minimum Gasteiger partial charge on any atom is -0.493 e. The van der Waals surface area contributed by atoms with Crippen LogP contribution in [0.5, 0.6) is 5.75 Å². The van der Waals surface area contributed by atoms with Gasteiger partial charge in [0.1, 0.15) is 17.3 Å². The number of allylic oxidation sites excluding steroid dienone is 1. The van der Waals surface area contributed by atoms with Crippen molar-refractivity contribution in [3.8, 4) is 5.75 Å². The number of sulfone groups is 1. The van der Waals surface area contributed by atoms with Gasteiger partial charge < -0.3 is 9.30 Å². The molecule has 0 bridgehead atoms. The SMILES string of the molecule is C=CCn1c(CS(=O)(=O)c2ccccc2)nnc1SCCOc1ccc(C)cc1. The molecule has 0 spiro atoms. The van der Waals surface area contributed by atoms with E-state index >= 15 is 0 Å². The minimum atomic E-state index is -3.50. The number of benzene rings is 2. The largest absolute Gasteiger partial charge is 0.493 e. The summed E-state index contributed by atoms with van der Waals surface area (Å²) in [5.41, 5.74) is 1.18. The van der Waals surface area contributed by atoms with E-state index < -0.39 is 9.84 Å². The fourth-order valence-electron chi connectivity index (χ4n) is 2.65. The Morgan fingerprint density at radius 1 is 1.10 bits per heavy atom. The Balaban J connectivity index is 1.65. The van der Waals surface area contributed by atoms with E-state index in [1.165, 1.54) is 17.3 Å². The predicted octanol–water partition coefficient (Wildman–Crippen LogP) is 3.92. The summed E-state index contributed by atoms with van der Waals surface area (Å²) in [6.45, 7) is 6.73. The smallest absolute Gasteiger partial charge is 0.191 e. The number of thioether (sulfide) groups is 1. The highest BCUT2D eigenvalue weighted by Crippen LogP contribution is 2.21. The molecule has 0 N–H and O–H groups in total. The van der Waals surface area contributed by atoms with Gasteiger partial charge in [0.2, 0.25) is 0 Å². The lowest BCUT2D eigenvalue weighted by Gasteiger charge is -2.09. The van der Waals surface area contributed by atoms with Gasteiger partial charge in [0.25, 0.3) is 0 Å². The van der Waals surface area contributed by atoms with Crippen molar-refractivity contribution in [1.29, 1.82) is 0 Å². The molecule has 0 amide bonds. The van der Waals surface area contributed by atoms with Gasteiger partial charge in [-0.2, -0.15) is 0 Å². The lowest BCUT2D eigenvalue weighted by molar-refractivity contribution is 0.343. The highest BCUT2D eigenvalue weighted by molar-refractivity contribution is 7.99. The fourth-order valence-corrected chi connectivity index (χ4v) is 4.73. The number of hydrogen-bond acceptors (Lipinski definition) is 6. The minimum absolute atomic E-state index is 0.210. The van der Waals surface area contributed by atoms with Gasteiger partial charge in [0.15, 0.2) is 15.0 Å². The van der Waals surface area contributed by atoms with Gasteiger partial charge >= 0.3 is 0 Å². The summed E-state index contributed by atoms with van der Waals surface area (Å²) in [7, 11) is -3.50. The second-order valence-corrected chi connectivity index (χ2v) is 9.43. The number of aromatic nitrogens is 3. The first kappa shape index (κ1) is 21.1. The third-order valence-corrected chi connectivity index (χ3v) is 6.69. The van der Waals surface area contributed by atoms with Crippen LogP contribution in [0.15, 0.2) is 77.3 Å². The molecule has 29 heavy (non-hydrogen) atoms. The van der Waals surface area contributed by atoms with Gasteiger partial charge in [-0.15, -0.1) is 16.8 Å². The molecule has 0 aliphatic heterocycles. The van der Waals surface area contributed by atoms with E-state index in [0.717, 1.165) is 5.75 Å². The highest BCUT2D eigenvalue weighted by atomic mass is 32.2. The summed E-state index contributed by atoms with van der Waals surface area (Å²) in [6.07, 6.45) is 1.70. The van der Waals surface area contributed by atoms with Crippen LogP contribution in [-0.2, 0) is 22.1 Å². The van der Waals surface area contributed by atoms with Crippen molar-refractivity contribution in [3.05, 3.63) is 78.6 Å². The van der Waals surface area contributed by atoms with E-state index in [2.05, 4.69) is 16.8 Å². The van der Waals surface area contributed by atoms with Crippen LogP contribution in [0.25, 0.3) is 0 Å². The molecule has 6 nitrogen and oxygen atoms in total.